The SMILES string of the molecule is COc1ccc(NC(=O)C(=O)N/N=C\c2cc(Cl)ccc2OCC(=O)Nc2ccc(Br)cc2C)cc1. The Labute approximate surface area is 220 Å². The van der Waals surface area contributed by atoms with Gasteiger partial charge in [-0.25, -0.2) is 5.43 Å². The lowest BCUT2D eigenvalue weighted by molar-refractivity contribution is -0.136. The number of hydrogen-bond donors (Lipinski definition) is 3. The molecule has 0 bridgehead atoms. The van der Waals surface area contributed by atoms with E-state index in [0.29, 0.717) is 33.5 Å². The number of hydrogen-bond acceptors (Lipinski definition) is 6. The Morgan fingerprint density at radius 1 is 1.00 bits per heavy atom. The molecule has 3 aromatic carbocycles. The largest absolute Gasteiger partial charge is 0.497 e. The predicted molar refractivity (Wildman–Crippen MR) is 142 cm³/mol. The maximum atomic E-state index is 12.3. The van der Waals surface area contributed by atoms with Crippen LogP contribution in [0, 0.1) is 6.92 Å². The summed E-state index contributed by atoms with van der Waals surface area (Å²) in [4.78, 5) is 36.5. The minimum absolute atomic E-state index is 0.269. The highest BCUT2D eigenvalue weighted by atomic mass is 79.9. The second-order valence-corrected chi connectivity index (χ2v) is 8.71. The number of aryl methyl sites for hydroxylation is 1. The van der Waals surface area contributed by atoms with Gasteiger partial charge < -0.3 is 20.1 Å². The topological polar surface area (TPSA) is 118 Å². The van der Waals surface area contributed by atoms with E-state index in [1.54, 1.807) is 48.5 Å². The molecule has 3 rings (SSSR count). The van der Waals surface area contributed by atoms with Crippen molar-refractivity contribution in [1.82, 2.24) is 5.43 Å². The molecule has 9 nitrogen and oxygen atoms in total. The van der Waals surface area contributed by atoms with Crippen molar-refractivity contribution in [2.24, 2.45) is 5.10 Å². The van der Waals surface area contributed by atoms with E-state index >= 15 is 0 Å². The summed E-state index contributed by atoms with van der Waals surface area (Å²) in [6.45, 7) is 1.61. The Bertz CT molecular complexity index is 1300. The van der Waals surface area contributed by atoms with Gasteiger partial charge in [0.05, 0.1) is 13.3 Å². The highest BCUT2D eigenvalue weighted by Crippen LogP contribution is 2.23. The summed E-state index contributed by atoms with van der Waals surface area (Å²) in [6.07, 6.45) is 1.26. The van der Waals surface area contributed by atoms with Crippen molar-refractivity contribution in [2.75, 3.05) is 24.4 Å². The van der Waals surface area contributed by atoms with E-state index in [0.717, 1.165) is 10.0 Å². The molecule has 0 heterocycles. The van der Waals surface area contributed by atoms with Gasteiger partial charge in [0.2, 0.25) is 0 Å². The predicted octanol–water partition coefficient (Wildman–Crippen LogP) is 4.53. The van der Waals surface area contributed by atoms with Gasteiger partial charge in [0.1, 0.15) is 11.5 Å². The molecule has 0 aliphatic rings. The Balaban J connectivity index is 1.57. The lowest BCUT2D eigenvalue weighted by Gasteiger charge is -2.11. The molecule has 0 fully saturated rings. The van der Waals surface area contributed by atoms with Crippen LogP contribution < -0.4 is 25.5 Å². The molecule has 0 aliphatic heterocycles. The van der Waals surface area contributed by atoms with Crippen LogP contribution in [0.4, 0.5) is 11.4 Å². The molecule has 0 unspecified atom stereocenters. The number of nitrogens with one attached hydrogen (secondary N) is 3. The highest BCUT2D eigenvalue weighted by molar-refractivity contribution is 9.10. The summed E-state index contributed by atoms with van der Waals surface area (Å²) < 4.78 is 11.6. The number of methoxy groups -OCH3 is 1. The van der Waals surface area contributed by atoms with E-state index < -0.39 is 11.8 Å². The number of ether oxygens (including phenoxy) is 2. The van der Waals surface area contributed by atoms with Gasteiger partial charge in [-0.3, -0.25) is 14.4 Å². The van der Waals surface area contributed by atoms with Crippen molar-refractivity contribution < 1.29 is 23.9 Å². The van der Waals surface area contributed by atoms with E-state index in [2.05, 4.69) is 37.1 Å². The van der Waals surface area contributed by atoms with Crippen molar-refractivity contribution in [1.29, 1.82) is 0 Å². The van der Waals surface area contributed by atoms with Gasteiger partial charge in [-0.15, -0.1) is 0 Å². The number of rotatable bonds is 8. The molecule has 0 aliphatic carbocycles. The third kappa shape index (κ3) is 7.82. The number of nitrogens with zero attached hydrogens (tertiary/aromatic N) is 1. The minimum Gasteiger partial charge on any atom is -0.497 e. The summed E-state index contributed by atoms with van der Waals surface area (Å²) in [5.74, 6) is -1.32. The molecular weight excluding hydrogens is 552 g/mol. The fourth-order valence-electron chi connectivity index (χ4n) is 2.92. The lowest BCUT2D eigenvalue weighted by Crippen LogP contribution is -2.32. The van der Waals surface area contributed by atoms with E-state index in [1.807, 2.05) is 19.1 Å². The van der Waals surface area contributed by atoms with Gasteiger partial charge in [0.25, 0.3) is 5.91 Å². The van der Waals surface area contributed by atoms with Crippen LogP contribution >= 0.6 is 27.5 Å². The van der Waals surface area contributed by atoms with Crippen molar-refractivity contribution in [3.8, 4) is 11.5 Å². The van der Waals surface area contributed by atoms with Gasteiger partial charge >= 0.3 is 11.8 Å². The van der Waals surface area contributed by atoms with Crippen LogP contribution in [0.1, 0.15) is 11.1 Å². The van der Waals surface area contributed by atoms with Crippen LogP contribution in [-0.2, 0) is 14.4 Å². The Morgan fingerprint density at radius 3 is 2.44 bits per heavy atom. The lowest BCUT2D eigenvalue weighted by atomic mass is 10.2. The van der Waals surface area contributed by atoms with Gasteiger partial charge in [-0.2, -0.15) is 5.10 Å². The van der Waals surface area contributed by atoms with Crippen molar-refractivity contribution in [3.05, 3.63) is 81.3 Å². The Morgan fingerprint density at radius 2 is 1.75 bits per heavy atom. The molecule has 0 radical (unpaired) electrons. The highest BCUT2D eigenvalue weighted by Gasteiger charge is 2.13. The zero-order valence-electron chi connectivity index (χ0n) is 19.3. The third-order valence-corrected chi connectivity index (χ3v) is 5.45. The number of hydrazone groups is 1. The fraction of sp³-hybridized carbons (Fsp3) is 0.120. The molecule has 3 N–H and O–H groups in total. The van der Waals surface area contributed by atoms with Crippen LogP contribution in [0.2, 0.25) is 5.02 Å². The first-order chi connectivity index (χ1) is 17.2. The van der Waals surface area contributed by atoms with Crippen LogP contribution in [0.15, 0.2) is 70.2 Å². The summed E-state index contributed by atoms with van der Waals surface area (Å²) in [7, 11) is 1.52. The minimum atomic E-state index is -0.976. The fourth-order valence-corrected chi connectivity index (χ4v) is 3.58. The number of benzene rings is 3. The molecule has 0 aromatic heterocycles. The summed E-state index contributed by atoms with van der Waals surface area (Å²) >= 11 is 9.44. The first kappa shape index (κ1) is 26.7. The van der Waals surface area contributed by atoms with E-state index in [4.69, 9.17) is 21.1 Å². The molecule has 11 heteroatoms. The van der Waals surface area contributed by atoms with Crippen molar-refractivity contribution in [2.45, 2.75) is 6.92 Å². The Hall–Kier alpha value is -3.89. The summed E-state index contributed by atoms with van der Waals surface area (Å²) in [6, 6.07) is 16.7. The number of carbonyl (C=O) groups is 3. The normalized spacial score (nSPS) is 10.6. The monoisotopic (exact) mass is 572 g/mol. The number of halogens is 2. The van der Waals surface area contributed by atoms with Crippen LogP contribution in [-0.4, -0.2) is 37.7 Å². The molecule has 3 aromatic rings. The Kier molecular flexibility index (Phi) is 9.43. The summed E-state index contributed by atoms with van der Waals surface area (Å²) in [5.41, 5.74) is 4.51. The zero-order valence-corrected chi connectivity index (χ0v) is 21.6. The van der Waals surface area contributed by atoms with Crippen LogP contribution in [0.5, 0.6) is 11.5 Å². The molecule has 0 atom stereocenters. The van der Waals surface area contributed by atoms with Gasteiger partial charge in [-0.1, -0.05) is 27.5 Å². The maximum absolute atomic E-state index is 12.3. The average Bonchev–Trinajstić information content (AvgIpc) is 2.85. The second-order valence-electron chi connectivity index (χ2n) is 7.36. The van der Waals surface area contributed by atoms with Crippen molar-refractivity contribution in [3.63, 3.8) is 0 Å². The first-order valence-electron chi connectivity index (χ1n) is 10.5. The molecule has 0 saturated heterocycles. The molecule has 186 valence electrons. The molecule has 3 amide bonds. The number of anilines is 2. The maximum Gasteiger partial charge on any atom is 0.329 e. The zero-order chi connectivity index (χ0) is 26.1. The molecular formula is C25H22BrClN4O5. The van der Waals surface area contributed by atoms with Crippen LogP contribution in [0.25, 0.3) is 0 Å². The summed E-state index contributed by atoms with van der Waals surface area (Å²) in [5, 5.41) is 9.42. The smallest absolute Gasteiger partial charge is 0.329 e. The molecule has 0 spiro atoms. The quantitative estimate of drug-likeness (QED) is 0.208. The first-order valence-corrected chi connectivity index (χ1v) is 11.7. The molecule has 36 heavy (non-hydrogen) atoms. The van der Waals surface area contributed by atoms with Gasteiger partial charge in [-0.05, 0) is 73.2 Å². The van der Waals surface area contributed by atoms with Crippen LogP contribution in [0.3, 0.4) is 0 Å². The van der Waals surface area contributed by atoms with E-state index in [9.17, 15) is 14.4 Å². The van der Waals surface area contributed by atoms with Gasteiger partial charge in [0, 0.05) is 26.4 Å². The van der Waals surface area contributed by atoms with Gasteiger partial charge in [0.15, 0.2) is 6.61 Å². The number of amides is 3. The average molecular weight is 574 g/mol. The standard InChI is InChI=1S/C25H22BrClN4O5/c1-15-11-17(26)3-9-21(15)30-23(32)14-36-22-10-4-18(27)12-16(22)13-28-31-25(34)24(33)29-19-5-7-20(35-2)8-6-19/h3-13H,14H2,1-2H3,(H,29,33)(H,30,32)(H,31,34)/b28-13-. The van der Waals surface area contributed by atoms with E-state index in [1.165, 1.54) is 13.3 Å². The molecule has 0 saturated carbocycles. The van der Waals surface area contributed by atoms with E-state index in [-0.39, 0.29) is 12.5 Å². The third-order valence-electron chi connectivity index (χ3n) is 4.72. The number of carbonyl (C=O) groups excluding carboxylic acids is 3. The second kappa shape index (κ2) is 12.7. The van der Waals surface area contributed by atoms with Crippen molar-refractivity contribution >= 4 is 62.8 Å².